The minimum atomic E-state index is 0.299. The maximum atomic E-state index is 9.84. The van der Waals surface area contributed by atoms with E-state index in [1.165, 1.54) is 0 Å². The van der Waals surface area contributed by atoms with Crippen molar-refractivity contribution in [2.75, 3.05) is 12.4 Å². The van der Waals surface area contributed by atoms with Crippen molar-refractivity contribution in [1.82, 2.24) is 0 Å². The van der Waals surface area contributed by atoms with Crippen LogP contribution in [0.25, 0.3) is 11.1 Å². The van der Waals surface area contributed by atoms with E-state index in [1.807, 2.05) is 49.5 Å². The zero-order chi connectivity index (χ0) is 10.7. The van der Waals surface area contributed by atoms with E-state index in [-0.39, 0.29) is 0 Å². The van der Waals surface area contributed by atoms with Crippen LogP contribution in [-0.2, 0) is 0 Å². The van der Waals surface area contributed by atoms with Crippen molar-refractivity contribution in [3.63, 3.8) is 0 Å². The lowest BCUT2D eigenvalue weighted by Gasteiger charge is -2.06. The second kappa shape index (κ2) is 4.05. The fourth-order valence-corrected chi connectivity index (χ4v) is 1.55. The van der Waals surface area contributed by atoms with Gasteiger partial charge >= 0.3 is 0 Å². The Morgan fingerprint density at radius 2 is 1.73 bits per heavy atom. The third-order valence-corrected chi connectivity index (χ3v) is 2.37. The quantitative estimate of drug-likeness (QED) is 0.779. The molecular formula is C13H13NO. The summed E-state index contributed by atoms with van der Waals surface area (Å²) in [5.41, 5.74) is 2.79. The van der Waals surface area contributed by atoms with Crippen molar-refractivity contribution in [1.29, 1.82) is 0 Å². The lowest BCUT2D eigenvalue weighted by atomic mass is 10.0. The van der Waals surface area contributed by atoms with Crippen LogP contribution in [0.15, 0.2) is 48.5 Å². The molecule has 0 amide bonds. The third kappa shape index (κ3) is 1.94. The first kappa shape index (κ1) is 9.59. The van der Waals surface area contributed by atoms with Gasteiger partial charge in [0.1, 0.15) is 5.75 Å². The molecular weight excluding hydrogens is 186 g/mol. The molecule has 0 spiro atoms. The molecule has 76 valence electrons. The summed E-state index contributed by atoms with van der Waals surface area (Å²) >= 11 is 0. The Balaban J connectivity index is 2.46. The van der Waals surface area contributed by atoms with Gasteiger partial charge in [-0.3, -0.25) is 0 Å². The van der Waals surface area contributed by atoms with Crippen LogP contribution in [0.5, 0.6) is 5.75 Å². The summed E-state index contributed by atoms with van der Waals surface area (Å²) in [6.07, 6.45) is 0. The van der Waals surface area contributed by atoms with Gasteiger partial charge in [0, 0.05) is 24.4 Å². The molecule has 0 atom stereocenters. The number of aromatic hydroxyl groups is 1. The summed E-state index contributed by atoms with van der Waals surface area (Å²) in [6.45, 7) is 0. The lowest BCUT2D eigenvalue weighted by molar-refractivity contribution is 0.477. The highest BCUT2D eigenvalue weighted by Crippen LogP contribution is 2.30. The smallest absolute Gasteiger partial charge is 0.125 e. The molecule has 0 aliphatic carbocycles. The molecule has 2 heteroatoms. The second-order valence-electron chi connectivity index (χ2n) is 3.35. The molecule has 0 radical (unpaired) electrons. The Bertz CT molecular complexity index is 451. The standard InChI is InChI=1S/C13H13NO/c1-14-11-7-8-12(13(15)9-11)10-5-3-2-4-6-10/h2-9,14-15H,1H3. The van der Waals surface area contributed by atoms with Crippen molar-refractivity contribution in [2.24, 2.45) is 0 Å². The lowest BCUT2D eigenvalue weighted by Crippen LogP contribution is -1.87. The zero-order valence-electron chi connectivity index (χ0n) is 8.57. The largest absolute Gasteiger partial charge is 0.507 e. The number of hydrogen-bond donors (Lipinski definition) is 2. The predicted octanol–water partition coefficient (Wildman–Crippen LogP) is 3.10. The highest BCUT2D eigenvalue weighted by molar-refractivity contribution is 5.72. The third-order valence-electron chi connectivity index (χ3n) is 2.37. The first-order chi connectivity index (χ1) is 7.31. The van der Waals surface area contributed by atoms with E-state index in [0.717, 1.165) is 16.8 Å². The Hall–Kier alpha value is -1.96. The van der Waals surface area contributed by atoms with E-state index < -0.39 is 0 Å². The summed E-state index contributed by atoms with van der Waals surface area (Å²) in [5, 5.41) is 12.8. The molecule has 0 saturated heterocycles. The summed E-state index contributed by atoms with van der Waals surface area (Å²) < 4.78 is 0. The van der Waals surface area contributed by atoms with Gasteiger partial charge in [0.15, 0.2) is 0 Å². The zero-order valence-corrected chi connectivity index (χ0v) is 8.57. The maximum Gasteiger partial charge on any atom is 0.125 e. The minimum absolute atomic E-state index is 0.299. The monoisotopic (exact) mass is 199 g/mol. The highest BCUT2D eigenvalue weighted by atomic mass is 16.3. The molecule has 2 aromatic carbocycles. The van der Waals surface area contributed by atoms with Crippen LogP contribution in [0, 0.1) is 0 Å². The van der Waals surface area contributed by atoms with Gasteiger partial charge in [-0.1, -0.05) is 30.3 Å². The molecule has 2 aromatic rings. The van der Waals surface area contributed by atoms with E-state index in [4.69, 9.17) is 0 Å². The average Bonchev–Trinajstić information content (AvgIpc) is 2.30. The molecule has 2 N–H and O–H groups in total. The molecule has 0 fully saturated rings. The topological polar surface area (TPSA) is 32.3 Å². The number of nitrogens with one attached hydrogen (secondary N) is 1. The molecule has 0 unspecified atom stereocenters. The molecule has 0 aromatic heterocycles. The fourth-order valence-electron chi connectivity index (χ4n) is 1.55. The summed E-state index contributed by atoms with van der Waals surface area (Å²) in [4.78, 5) is 0. The molecule has 0 aliphatic rings. The van der Waals surface area contributed by atoms with Gasteiger partial charge in [0.2, 0.25) is 0 Å². The van der Waals surface area contributed by atoms with Crippen molar-refractivity contribution < 1.29 is 5.11 Å². The summed E-state index contributed by atoms with van der Waals surface area (Å²) in [7, 11) is 1.83. The van der Waals surface area contributed by atoms with E-state index in [2.05, 4.69) is 5.32 Å². The number of anilines is 1. The van der Waals surface area contributed by atoms with Crippen LogP contribution < -0.4 is 5.32 Å². The molecule has 2 nitrogen and oxygen atoms in total. The van der Waals surface area contributed by atoms with Crippen LogP contribution in [0.4, 0.5) is 5.69 Å². The van der Waals surface area contributed by atoms with Crippen LogP contribution >= 0.6 is 0 Å². The van der Waals surface area contributed by atoms with Crippen LogP contribution in [-0.4, -0.2) is 12.2 Å². The van der Waals surface area contributed by atoms with E-state index in [9.17, 15) is 5.11 Å². The Morgan fingerprint density at radius 3 is 2.33 bits per heavy atom. The maximum absolute atomic E-state index is 9.84. The molecule has 2 rings (SSSR count). The normalized spacial score (nSPS) is 9.93. The van der Waals surface area contributed by atoms with Crippen LogP contribution in [0.2, 0.25) is 0 Å². The van der Waals surface area contributed by atoms with Crippen molar-refractivity contribution in [3.05, 3.63) is 48.5 Å². The fraction of sp³-hybridized carbons (Fsp3) is 0.0769. The average molecular weight is 199 g/mol. The van der Waals surface area contributed by atoms with Gasteiger partial charge < -0.3 is 10.4 Å². The van der Waals surface area contributed by atoms with Crippen LogP contribution in [0.3, 0.4) is 0 Å². The Morgan fingerprint density at radius 1 is 1.00 bits per heavy atom. The SMILES string of the molecule is CNc1ccc(-c2ccccc2)c(O)c1. The predicted molar refractivity (Wildman–Crippen MR) is 63.1 cm³/mol. The molecule has 0 aliphatic heterocycles. The first-order valence-electron chi connectivity index (χ1n) is 4.87. The van der Waals surface area contributed by atoms with Gasteiger partial charge in [-0.15, -0.1) is 0 Å². The Labute approximate surface area is 89.2 Å². The van der Waals surface area contributed by atoms with Crippen molar-refractivity contribution in [3.8, 4) is 16.9 Å². The second-order valence-corrected chi connectivity index (χ2v) is 3.35. The molecule has 0 heterocycles. The van der Waals surface area contributed by atoms with Gasteiger partial charge in [0.05, 0.1) is 0 Å². The number of hydrogen-bond acceptors (Lipinski definition) is 2. The number of rotatable bonds is 2. The van der Waals surface area contributed by atoms with E-state index in [0.29, 0.717) is 5.75 Å². The molecule has 15 heavy (non-hydrogen) atoms. The van der Waals surface area contributed by atoms with Crippen molar-refractivity contribution >= 4 is 5.69 Å². The molecule has 0 bridgehead atoms. The molecule has 0 saturated carbocycles. The first-order valence-corrected chi connectivity index (χ1v) is 4.87. The van der Waals surface area contributed by atoms with Crippen molar-refractivity contribution in [2.45, 2.75) is 0 Å². The van der Waals surface area contributed by atoms with Crippen LogP contribution in [0.1, 0.15) is 0 Å². The highest BCUT2D eigenvalue weighted by Gasteiger charge is 2.03. The van der Waals surface area contributed by atoms with Gasteiger partial charge in [-0.05, 0) is 17.7 Å². The summed E-state index contributed by atoms with van der Waals surface area (Å²) in [6, 6.07) is 15.4. The minimum Gasteiger partial charge on any atom is -0.507 e. The van der Waals surface area contributed by atoms with Gasteiger partial charge in [0.25, 0.3) is 0 Å². The van der Waals surface area contributed by atoms with Gasteiger partial charge in [-0.25, -0.2) is 0 Å². The summed E-state index contributed by atoms with van der Waals surface area (Å²) in [5.74, 6) is 0.299. The van der Waals surface area contributed by atoms with Gasteiger partial charge in [-0.2, -0.15) is 0 Å². The Kier molecular flexibility index (Phi) is 2.59. The number of phenols is 1. The van der Waals surface area contributed by atoms with E-state index >= 15 is 0 Å². The van der Waals surface area contributed by atoms with E-state index in [1.54, 1.807) is 6.07 Å². The number of benzene rings is 2. The number of phenolic OH excluding ortho intramolecular Hbond substituents is 1.